The molecule has 190 valence electrons. The van der Waals surface area contributed by atoms with Crippen molar-refractivity contribution in [1.29, 1.82) is 0 Å². The smallest absolute Gasteiger partial charge is 0.194 e. The first kappa shape index (κ1) is 24.6. The number of ketones is 3. The van der Waals surface area contributed by atoms with E-state index in [9.17, 15) is 24.6 Å². The summed E-state index contributed by atoms with van der Waals surface area (Å²) in [5.41, 5.74) is -0.256. The lowest BCUT2D eigenvalue weighted by Crippen LogP contribution is -2.41. The summed E-state index contributed by atoms with van der Waals surface area (Å²) in [6.07, 6.45) is 3.15. The van der Waals surface area contributed by atoms with E-state index in [4.69, 9.17) is 16.3 Å². The highest BCUT2D eigenvalue weighted by Crippen LogP contribution is 2.57. The Hall–Kier alpha value is -4.04. The fourth-order valence-electron chi connectivity index (χ4n) is 5.17. The molecule has 1 atom stereocenters. The van der Waals surface area contributed by atoms with Gasteiger partial charge < -0.3 is 24.8 Å². The number of fused-ring (bicyclic) bond motifs is 4. The SMILES string of the molecule is CC(=O)c1c(O)c(C)c(O)c2c1OC1=CC(=O)C(=C(C)NCCn3ccc4ccc(Cl)cc43)C(=O)[C@@]12C. The first-order chi connectivity index (χ1) is 17.5. The molecule has 3 N–H and O–H groups in total. The van der Waals surface area contributed by atoms with Crippen LogP contribution in [0.2, 0.25) is 5.02 Å². The number of rotatable bonds is 5. The third-order valence-corrected chi connectivity index (χ3v) is 7.47. The van der Waals surface area contributed by atoms with E-state index in [0.717, 1.165) is 10.9 Å². The van der Waals surface area contributed by atoms with Gasteiger partial charge in [-0.3, -0.25) is 14.4 Å². The lowest BCUT2D eigenvalue weighted by molar-refractivity contribution is -0.123. The molecule has 1 aromatic heterocycles. The number of nitrogens with zero attached hydrogens (tertiary/aromatic N) is 1. The van der Waals surface area contributed by atoms with Gasteiger partial charge in [0, 0.05) is 47.2 Å². The fraction of sp³-hybridized carbons (Fsp3) is 0.250. The zero-order valence-corrected chi connectivity index (χ0v) is 21.5. The lowest BCUT2D eigenvalue weighted by Gasteiger charge is -2.29. The van der Waals surface area contributed by atoms with Crippen molar-refractivity contribution in [1.82, 2.24) is 9.88 Å². The van der Waals surface area contributed by atoms with Crippen LogP contribution in [0.5, 0.6) is 17.2 Å². The minimum atomic E-state index is -1.54. The molecule has 0 spiro atoms. The quantitative estimate of drug-likeness (QED) is 0.258. The summed E-state index contributed by atoms with van der Waals surface area (Å²) in [5.74, 6) is -2.47. The standard InChI is InChI=1S/C28H25ClN2O6/c1-13-24(34)22(15(3)32)26-23(25(13)35)28(4)20(37-26)12-19(33)21(27(28)36)14(2)30-8-10-31-9-7-16-5-6-17(29)11-18(16)31/h5-7,9,11-12,30,34-35H,8,10H2,1-4H3/t28-/m0/s1. The van der Waals surface area contributed by atoms with Gasteiger partial charge in [0.05, 0.1) is 11.1 Å². The number of phenolic OH excluding ortho intramolecular Hbond substituents is 2. The fourth-order valence-corrected chi connectivity index (χ4v) is 5.33. The summed E-state index contributed by atoms with van der Waals surface area (Å²) in [5, 5.41) is 26.3. The normalized spacial score (nSPS) is 19.9. The van der Waals surface area contributed by atoms with Crippen LogP contribution in [0.15, 0.2) is 53.6 Å². The summed E-state index contributed by atoms with van der Waals surface area (Å²) < 4.78 is 7.82. The molecule has 0 unspecified atom stereocenters. The summed E-state index contributed by atoms with van der Waals surface area (Å²) in [6.45, 7) is 6.88. The second kappa shape index (κ2) is 8.52. The van der Waals surface area contributed by atoms with Gasteiger partial charge in [-0.15, -0.1) is 0 Å². The Labute approximate surface area is 217 Å². The van der Waals surface area contributed by atoms with Crippen LogP contribution >= 0.6 is 11.6 Å². The topological polar surface area (TPSA) is 118 Å². The van der Waals surface area contributed by atoms with Crippen molar-refractivity contribution in [2.45, 2.75) is 39.7 Å². The molecule has 3 aromatic rings. The number of nitrogens with one attached hydrogen (secondary N) is 1. The van der Waals surface area contributed by atoms with Gasteiger partial charge in [-0.2, -0.15) is 0 Å². The maximum Gasteiger partial charge on any atom is 0.194 e. The van der Waals surface area contributed by atoms with Gasteiger partial charge in [0.1, 0.15) is 34.0 Å². The Morgan fingerprint density at radius 3 is 2.59 bits per heavy atom. The molecule has 9 heteroatoms. The van der Waals surface area contributed by atoms with Gasteiger partial charge >= 0.3 is 0 Å². The summed E-state index contributed by atoms with van der Waals surface area (Å²) >= 11 is 6.14. The number of Topliss-reactive ketones (excluding diaryl/α,β-unsaturated/α-hetero) is 2. The third-order valence-electron chi connectivity index (χ3n) is 7.24. The Balaban J connectivity index is 1.50. The molecule has 1 aliphatic carbocycles. The number of aromatic nitrogens is 1. The van der Waals surface area contributed by atoms with Crippen LogP contribution in [-0.2, 0) is 21.5 Å². The minimum absolute atomic E-state index is 0.00698. The molecular weight excluding hydrogens is 496 g/mol. The van der Waals surface area contributed by atoms with Crippen LogP contribution in [0.25, 0.3) is 10.9 Å². The van der Waals surface area contributed by atoms with E-state index in [0.29, 0.717) is 23.8 Å². The number of allylic oxidation sites excluding steroid dienone is 4. The average Bonchev–Trinajstić information content (AvgIpc) is 3.36. The van der Waals surface area contributed by atoms with E-state index >= 15 is 0 Å². The van der Waals surface area contributed by atoms with Crippen molar-refractivity contribution >= 4 is 39.9 Å². The Morgan fingerprint density at radius 1 is 1.16 bits per heavy atom. The van der Waals surface area contributed by atoms with E-state index in [1.54, 1.807) is 13.8 Å². The lowest BCUT2D eigenvalue weighted by atomic mass is 9.70. The molecule has 8 nitrogen and oxygen atoms in total. The molecule has 0 saturated heterocycles. The van der Waals surface area contributed by atoms with E-state index in [1.165, 1.54) is 19.9 Å². The van der Waals surface area contributed by atoms with Crippen molar-refractivity contribution in [3.8, 4) is 17.2 Å². The number of hydrogen-bond acceptors (Lipinski definition) is 7. The minimum Gasteiger partial charge on any atom is -0.507 e. The highest BCUT2D eigenvalue weighted by atomic mass is 35.5. The first-order valence-corrected chi connectivity index (χ1v) is 12.1. The molecule has 37 heavy (non-hydrogen) atoms. The Bertz CT molecular complexity index is 1610. The summed E-state index contributed by atoms with van der Waals surface area (Å²) in [7, 11) is 0. The molecule has 0 fully saturated rings. The zero-order chi connectivity index (χ0) is 26.8. The summed E-state index contributed by atoms with van der Waals surface area (Å²) in [6, 6.07) is 7.63. The van der Waals surface area contributed by atoms with Gasteiger partial charge in [0.25, 0.3) is 0 Å². The maximum atomic E-state index is 13.9. The Kier molecular flexibility index (Phi) is 5.68. The summed E-state index contributed by atoms with van der Waals surface area (Å²) in [4.78, 5) is 39.2. The number of benzene rings is 2. The molecule has 2 heterocycles. The molecule has 0 radical (unpaired) electrons. The number of halogens is 1. The van der Waals surface area contributed by atoms with Crippen LogP contribution in [0.3, 0.4) is 0 Å². The van der Waals surface area contributed by atoms with Crippen molar-refractivity contribution in [2.75, 3.05) is 6.54 Å². The van der Waals surface area contributed by atoms with Crippen molar-refractivity contribution in [3.05, 3.63) is 75.3 Å². The van der Waals surface area contributed by atoms with Gasteiger partial charge in [0.2, 0.25) is 0 Å². The number of ether oxygens (including phenoxy) is 1. The van der Waals surface area contributed by atoms with E-state index in [-0.39, 0.29) is 39.5 Å². The molecule has 2 aliphatic rings. The van der Waals surface area contributed by atoms with Crippen LogP contribution in [0, 0.1) is 6.92 Å². The third kappa shape index (κ3) is 3.54. The predicted octanol–water partition coefficient (Wildman–Crippen LogP) is 4.47. The second-order valence-corrected chi connectivity index (χ2v) is 9.96. The highest BCUT2D eigenvalue weighted by molar-refractivity contribution is 6.31. The molecule has 0 saturated carbocycles. The van der Waals surface area contributed by atoms with Gasteiger partial charge in [-0.1, -0.05) is 17.7 Å². The number of phenols is 2. The number of carbonyl (C=O) groups excluding carboxylic acids is 3. The van der Waals surface area contributed by atoms with Gasteiger partial charge in [0.15, 0.2) is 17.3 Å². The average molecular weight is 521 g/mol. The van der Waals surface area contributed by atoms with Gasteiger partial charge in [-0.05, 0) is 51.3 Å². The van der Waals surface area contributed by atoms with Crippen LogP contribution in [0.4, 0.5) is 0 Å². The van der Waals surface area contributed by atoms with E-state index < -0.39 is 28.5 Å². The number of hydrogen-bond donors (Lipinski definition) is 3. The number of carbonyl (C=O) groups is 3. The van der Waals surface area contributed by atoms with Crippen molar-refractivity contribution < 1.29 is 29.3 Å². The predicted molar refractivity (Wildman–Crippen MR) is 138 cm³/mol. The monoisotopic (exact) mass is 520 g/mol. The molecule has 5 rings (SSSR count). The largest absolute Gasteiger partial charge is 0.507 e. The van der Waals surface area contributed by atoms with Crippen LogP contribution in [-0.4, -0.2) is 38.7 Å². The first-order valence-electron chi connectivity index (χ1n) is 11.7. The van der Waals surface area contributed by atoms with Crippen molar-refractivity contribution in [2.24, 2.45) is 0 Å². The molecule has 0 amide bonds. The maximum absolute atomic E-state index is 13.9. The van der Waals surface area contributed by atoms with Crippen LogP contribution in [0.1, 0.15) is 42.3 Å². The molecule has 2 aromatic carbocycles. The highest BCUT2D eigenvalue weighted by Gasteiger charge is 2.56. The number of aromatic hydroxyl groups is 2. The van der Waals surface area contributed by atoms with Crippen LogP contribution < -0.4 is 10.1 Å². The Morgan fingerprint density at radius 2 is 1.89 bits per heavy atom. The van der Waals surface area contributed by atoms with Crippen molar-refractivity contribution in [3.63, 3.8) is 0 Å². The molecule has 1 aliphatic heterocycles. The van der Waals surface area contributed by atoms with E-state index in [2.05, 4.69) is 5.32 Å². The van der Waals surface area contributed by atoms with E-state index in [1.807, 2.05) is 35.0 Å². The molecular formula is C28H25ClN2O6. The zero-order valence-electron chi connectivity index (χ0n) is 20.7. The second-order valence-electron chi connectivity index (χ2n) is 9.53. The van der Waals surface area contributed by atoms with Gasteiger partial charge in [-0.25, -0.2) is 0 Å². The molecule has 0 bridgehead atoms.